The molecule has 8 nitrogen and oxygen atoms in total. The molecule has 0 atom stereocenters. The van der Waals surface area contributed by atoms with Crippen LogP contribution in [-0.4, -0.2) is 51.0 Å². The van der Waals surface area contributed by atoms with Gasteiger partial charge in [-0.1, -0.05) is 57.6 Å². The van der Waals surface area contributed by atoms with Crippen LogP contribution in [0, 0.1) is 12.7 Å². The molecule has 0 bridgehead atoms. The normalized spacial score (nSPS) is 16.0. The molecule has 1 fully saturated rings. The smallest absolute Gasteiger partial charge is 0.306 e. The third kappa shape index (κ3) is 8.00. The molecule has 5 rings (SSSR count). The van der Waals surface area contributed by atoms with Gasteiger partial charge in [-0.25, -0.2) is 9.37 Å². The van der Waals surface area contributed by atoms with Crippen molar-refractivity contribution in [2.45, 2.75) is 104 Å². The number of aromatic nitrogens is 2. The molecule has 232 valence electrons. The minimum absolute atomic E-state index is 0.0656. The van der Waals surface area contributed by atoms with Crippen LogP contribution in [0.1, 0.15) is 93.5 Å². The largest absolute Gasteiger partial charge is 0.461 e. The Kier molecular flexibility index (Phi) is 10.8. The molecule has 2 aliphatic rings. The number of benzene rings is 1. The van der Waals surface area contributed by atoms with E-state index in [-0.39, 0.29) is 30.0 Å². The Morgan fingerprint density at radius 3 is 2.65 bits per heavy atom. The van der Waals surface area contributed by atoms with Crippen molar-refractivity contribution in [2.75, 3.05) is 19.6 Å². The number of hydrogen-bond acceptors (Lipinski definition) is 7. The van der Waals surface area contributed by atoms with E-state index in [1.807, 2.05) is 24.1 Å². The van der Waals surface area contributed by atoms with E-state index in [4.69, 9.17) is 14.6 Å². The van der Waals surface area contributed by atoms with Crippen molar-refractivity contribution in [2.24, 2.45) is 0 Å². The van der Waals surface area contributed by atoms with Crippen molar-refractivity contribution in [3.8, 4) is 5.75 Å². The molecule has 0 saturated carbocycles. The third-order valence-electron chi connectivity index (χ3n) is 8.82. The summed E-state index contributed by atoms with van der Waals surface area (Å²) < 4.78 is 20.7. The van der Waals surface area contributed by atoms with Crippen LogP contribution in [0.5, 0.6) is 5.75 Å². The third-order valence-corrected chi connectivity index (χ3v) is 8.82. The van der Waals surface area contributed by atoms with Gasteiger partial charge in [0.2, 0.25) is 0 Å². The number of esters is 1. The van der Waals surface area contributed by atoms with Gasteiger partial charge in [0.25, 0.3) is 5.56 Å². The fraction of sp³-hybridized carbons (Fsp3) is 0.559. The van der Waals surface area contributed by atoms with Crippen molar-refractivity contribution in [3.63, 3.8) is 0 Å². The van der Waals surface area contributed by atoms with Crippen molar-refractivity contribution in [1.82, 2.24) is 19.3 Å². The number of pyridine rings is 1. The summed E-state index contributed by atoms with van der Waals surface area (Å²) in [5, 5.41) is 1.98. The van der Waals surface area contributed by atoms with E-state index in [9.17, 15) is 14.0 Å². The number of hydrogen-bond donors (Lipinski definition) is 0. The molecule has 0 aliphatic carbocycles. The van der Waals surface area contributed by atoms with Crippen LogP contribution in [0.4, 0.5) is 4.39 Å². The Morgan fingerprint density at radius 2 is 1.86 bits per heavy atom. The molecule has 0 amide bonds. The second kappa shape index (κ2) is 14.9. The van der Waals surface area contributed by atoms with Crippen LogP contribution in [0.2, 0.25) is 0 Å². The maximum absolute atomic E-state index is 13.6. The second-order valence-electron chi connectivity index (χ2n) is 12.0. The van der Waals surface area contributed by atoms with Gasteiger partial charge in [0.1, 0.15) is 18.1 Å². The maximum atomic E-state index is 13.6. The fourth-order valence-corrected chi connectivity index (χ4v) is 6.19. The molecule has 9 heteroatoms. The highest BCUT2D eigenvalue weighted by atomic mass is 19.1. The average Bonchev–Trinajstić information content (AvgIpc) is 3.43. The Morgan fingerprint density at radius 1 is 1.09 bits per heavy atom. The molecular weight excluding hydrogens is 547 g/mol. The molecular formula is C34H45FN4O4. The molecule has 1 aromatic carbocycles. The number of nitrogens with zero attached hydrogens (tertiary/aromatic N) is 4. The van der Waals surface area contributed by atoms with E-state index in [1.165, 1.54) is 37.8 Å². The van der Waals surface area contributed by atoms with Crippen LogP contribution >= 0.6 is 0 Å². The second-order valence-corrected chi connectivity index (χ2v) is 12.0. The van der Waals surface area contributed by atoms with Crippen LogP contribution in [0.15, 0.2) is 41.3 Å². The van der Waals surface area contributed by atoms with Gasteiger partial charge in [-0.15, -0.1) is 5.06 Å². The van der Waals surface area contributed by atoms with Gasteiger partial charge in [-0.05, 0) is 57.8 Å². The minimum Gasteiger partial charge on any atom is -0.461 e. The van der Waals surface area contributed by atoms with Gasteiger partial charge in [-0.2, -0.15) is 0 Å². The lowest BCUT2D eigenvalue weighted by Gasteiger charge is -2.35. The quantitative estimate of drug-likeness (QED) is 0.164. The zero-order chi connectivity index (χ0) is 30.2. The lowest BCUT2D eigenvalue weighted by atomic mass is 10.0. The number of fused-ring (bicyclic) bond motifs is 2. The first-order valence-corrected chi connectivity index (χ1v) is 16.0. The van der Waals surface area contributed by atoms with Gasteiger partial charge in [0.05, 0.1) is 6.54 Å². The predicted molar refractivity (Wildman–Crippen MR) is 164 cm³/mol. The first kappa shape index (κ1) is 31.1. The number of likely N-dealkylation sites (tertiary alicyclic amines) is 1. The highest BCUT2D eigenvalue weighted by Gasteiger charge is 2.31. The van der Waals surface area contributed by atoms with Crippen LogP contribution < -0.4 is 10.4 Å². The number of ether oxygens (including phenoxy) is 1. The Balaban J connectivity index is 1.10. The molecule has 0 unspecified atom stereocenters. The van der Waals surface area contributed by atoms with E-state index < -0.39 is 0 Å². The molecule has 0 N–H and O–H groups in total. The molecule has 0 spiro atoms. The number of carbonyl (C=O) groups excluding carboxylic acids is 1. The Bertz CT molecular complexity index is 1450. The van der Waals surface area contributed by atoms with Crippen LogP contribution in [-0.2, 0) is 29.1 Å². The highest BCUT2D eigenvalue weighted by Crippen LogP contribution is 2.32. The average molecular weight is 593 g/mol. The summed E-state index contributed by atoms with van der Waals surface area (Å²) in [4.78, 5) is 38.9. The molecule has 3 aromatic rings. The van der Waals surface area contributed by atoms with Gasteiger partial charge >= 0.3 is 5.97 Å². The summed E-state index contributed by atoms with van der Waals surface area (Å²) in [6, 6.07) is 8.69. The summed E-state index contributed by atoms with van der Waals surface area (Å²) in [6.45, 7) is 7.48. The van der Waals surface area contributed by atoms with Crippen LogP contribution in [0.3, 0.4) is 0 Å². The minimum atomic E-state index is -0.279. The van der Waals surface area contributed by atoms with Gasteiger partial charge in [0, 0.05) is 53.7 Å². The van der Waals surface area contributed by atoms with Crippen molar-refractivity contribution in [1.29, 1.82) is 0 Å². The number of aryl methyl sites for hydroxylation is 1. The summed E-state index contributed by atoms with van der Waals surface area (Å²) in [5.41, 5.74) is 3.67. The molecule has 1 saturated heterocycles. The van der Waals surface area contributed by atoms with Crippen molar-refractivity contribution >= 4 is 11.6 Å². The standard InChI is InChI=1S/C34H45FN4O4/c1-3-4-5-6-7-8-9-12-32(40)42-24-27-11-10-18-38-33(27)36-25(2)30(34(38)41)17-21-37-19-15-29(16-20-37)39-23-26-13-14-28(35)22-31(26)43-39/h10-11,13-14,18,22,29H,3-9,12,15-17,19-21,23-24H2,1-2H3. The molecule has 0 radical (unpaired) electrons. The Hall–Kier alpha value is -3.30. The number of piperidine rings is 1. The van der Waals surface area contributed by atoms with Crippen molar-refractivity contribution < 1.29 is 18.8 Å². The maximum Gasteiger partial charge on any atom is 0.306 e. The lowest BCUT2D eigenvalue weighted by molar-refractivity contribution is -0.145. The number of rotatable bonds is 14. The first-order valence-electron chi connectivity index (χ1n) is 16.0. The number of hydroxylamine groups is 2. The summed E-state index contributed by atoms with van der Waals surface area (Å²) in [7, 11) is 0. The van der Waals surface area contributed by atoms with Crippen molar-refractivity contribution in [3.05, 3.63) is 75.1 Å². The Labute approximate surface area is 253 Å². The molecule has 2 aliphatic heterocycles. The van der Waals surface area contributed by atoms with E-state index in [0.717, 1.165) is 68.6 Å². The number of halogens is 1. The predicted octanol–water partition coefficient (Wildman–Crippen LogP) is 6.14. The first-order chi connectivity index (χ1) is 20.9. The van der Waals surface area contributed by atoms with E-state index in [1.54, 1.807) is 16.7 Å². The van der Waals surface area contributed by atoms with Crippen LogP contribution in [0.25, 0.3) is 5.65 Å². The monoisotopic (exact) mass is 592 g/mol. The summed E-state index contributed by atoms with van der Waals surface area (Å²) in [5.74, 6) is 0.135. The number of carbonyl (C=O) groups is 1. The number of unbranched alkanes of at least 4 members (excludes halogenated alkanes) is 6. The molecule has 4 heterocycles. The van der Waals surface area contributed by atoms with Gasteiger partial charge in [0.15, 0.2) is 5.75 Å². The van der Waals surface area contributed by atoms with Gasteiger partial charge < -0.3 is 14.5 Å². The summed E-state index contributed by atoms with van der Waals surface area (Å²) >= 11 is 0. The topological polar surface area (TPSA) is 76.4 Å². The zero-order valence-electron chi connectivity index (χ0n) is 25.7. The van der Waals surface area contributed by atoms with E-state index in [0.29, 0.717) is 36.3 Å². The molecule has 43 heavy (non-hydrogen) atoms. The van der Waals surface area contributed by atoms with E-state index in [2.05, 4.69) is 11.8 Å². The fourth-order valence-electron chi connectivity index (χ4n) is 6.19. The molecule has 2 aromatic heterocycles. The zero-order valence-corrected chi connectivity index (χ0v) is 25.7. The van der Waals surface area contributed by atoms with E-state index >= 15 is 0 Å². The van der Waals surface area contributed by atoms with Gasteiger partial charge in [-0.3, -0.25) is 14.0 Å². The summed E-state index contributed by atoms with van der Waals surface area (Å²) in [6.07, 6.45) is 12.7. The highest BCUT2D eigenvalue weighted by molar-refractivity contribution is 5.69. The SMILES string of the molecule is CCCCCCCCCC(=O)OCc1cccn2c(=O)c(CCN3CCC(N4Cc5ccc(F)cc5O4)CC3)c(C)nc12. The lowest BCUT2D eigenvalue weighted by Crippen LogP contribution is -2.45.